The SMILES string of the molecule is O=C(C=Cc1ccc(OCCCCl)cc1)c1ccccc1. The van der Waals surface area contributed by atoms with Gasteiger partial charge in [-0.05, 0) is 30.2 Å². The van der Waals surface area contributed by atoms with Crippen molar-refractivity contribution in [2.24, 2.45) is 0 Å². The fourth-order valence-corrected chi connectivity index (χ4v) is 1.90. The van der Waals surface area contributed by atoms with Crippen LogP contribution >= 0.6 is 11.6 Å². The van der Waals surface area contributed by atoms with Crippen LogP contribution in [0, 0.1) is 0 Å². The van der Waals surface area contributed by atoms with Crippen LogP contribution in [-0.4, -0.2) is 18.3 Å². The number of ketones is 1. The molecule has 0 amide bonds. The predicted molar refractivity (Wildman–Crippen MR) is 87.1 cm³/mol. The second kappa shape index (κ2) is 8.28. The maximum absolute atomic E-state index is 11.9. The minimum atomic E-state index is -0.00182. The molecule has 2 nitrogen and oxygen atoms in total. The lowest BCUT2D eigenvalue weighted by molar-refractivity contribution is 0.104. The van der Waals surface area contributed by atoms with Crippen LogP contribution in [0.3, 0.4) is 0 Å². The smallest absolute Gasteiger partial charge is 0.185 e. The van der Waals surface area contributed by atoms with E-state index in [1.54, 1.807) is 24.3 Å². The summed E-state index contributed by atoms with van der Waals surface area (Å²) in [6.45, 7) is 0.616. The van der Waals surface area contributed by atoms with Crippen molar-refractivity contribution in [1.82, 2.24) is 0 Å². The van der Waals surface area contributed by atoms with E-state index >= 15 is 0 Å². The molecule has 0 aliphatic carbocycles. The number of ether oxygens (including phenoxy) is 1. The third kappa shape index (κ3) is 5.09. The molecular weight excluding hydrogens is 284 g/mol. The molecule has 0 atom stereocenters. The summed E-state index contributed by atoms with van der Waals surface area (Å²) in [4.78, 5) is 11.9. The van der Waals surface area contributed by atoms with Gasteiger partial charge in [-0.15, -0.1) is 11.6 Å². The maximum Gasteiger partial charge on any atom is 0.185 e. The molecule has 0 saturated heterocycles. The molecule has 0 heterocycles. The van der Waals surface area contributed by atoms with Gasteiger partial charge in [0.15, 0.2) is 5.78 Å². The second-order valence-corrected chi connectivity index (χ2v) is 4.90. The summed E-state index contributed by atoms with van der Waals surface area (Å²) in [5.74, 6) is 1.41. The van der Waals surface area contributed by atoms with Crippen molar-refractivity contribution in [3.8, 4) is 5.75 Å². The normalized spacial score (nSPS) is 10.7. The van der Waals surface area contributed by atoms with Crippen molar-refractivity contribution in [2.45, 2.75) is 6.42 Å². The van der Waals surface area contributed by atoms with Gasteiger partial charge in [0.2, 0.25) is 0 Å². The third-order valence-corrected chi connectivity index (χ3v) is 3.18. The summed E-state index contributed by atoms with van der Waals surface area (Å²) in [5, 5.41) is 0. The highest BCUT2D eigenvalue weighted by atomic mass is 35.5. The van der Waals surface area contributed by atoms with Gasteiger partial charge in [-0.2, -0.15) is 0 Å². The Morgan fingerprint density at radius 3 is 2.43 bits per heavy atom. The molecule has 2 aromatic carbocycles. The zero-order valence-electron chi connectivity index (χ0n) is 11.7. The largest absolute Gasteiger partial charge is 0.494 e. The van der Waals surface area contributed by atoms with Crippen LogP contribution in [0.5, 0.6) is 5.75 Å². The summed E-state index contributed by atoms with van der Waals surface area (Å²) in [5.41, 5.74) is 1.65. The van der Waals surface area contributed by atoms with Crippen LogP contribution < -0.4 is 4.74 Å². The molecular formula is C18H17ClO2. The number of allylic oxidation sites excluding steroid dienone is 1. The van der Waals surface area contributed by atoms with Gasteiger partial charge in [0, 0.05) is 11.4 Å². The van der Waals surface area contributed by atoms with E-state index in [-0.39, 0.29) is 5.78 Å². The lowest BCUT2D eigenvalue weighted by Gasteiger charge is -2.04. The quantitative estimate of drug-likeness (QED) is 0.323. The van der Waals surface area contributed by atoms with E-state index in [2.05, 4.69) is 0 Å². The Morgan fingerprint density at radius 2 is 1.76 bits per heavy atom. The summed E-state index contributed by atoms with van der Waals surface area (Å²) in [6, 6.07) is 16.8. The first-order chi connectivity index (χ1) is 10.3. The Labute approximate surface area is 130 Å². The van der Waals surface area contributed by atoms with Crippen LogP contribution in [0.25, 0.3) is 6.08 Å². The number of hydrogen-bond donors (Lipinski definition) is 0. The summed E-state index contributed by atoms with van der Waals surface area (Å²) >= 11 is 5.59. The Morgan fingerprint density at radius 1 is 1.05 bits per heavy atom. The van der Waals surface area contributed by atoms with E-state index in [0.717, 1.165) is 17.7 Å². The number of hydrogen-bond acceptors (Lipinski definition) is 2. The lowest BCUT2D eigenvalue weighted by Crippen LogP contribution is -1.97. The van der Waals surface area contributed by atoms with E-state index in [9.17, 15) is 4.79 Å². The van der Waals surface area contributed by atoms with Gasteiger partial charge in [-0.3, -0.25) is 4.79 Å². The zero-order valence-corrected chi connectivity index (χ0v) is 12.4. The number of halogens is 1. The van der Waals surface area contributed by atoms with E-state index in [4.69, 9.17) is 16.3 Å². The molecule has 0 aliphatic heterocycles. The summed E-state index contributed by atoms with van der Waals surface area (Å²) in [6.07, 6.45) is 4.21. The van der Waals surface area contributed by atoms with Crippen molar-refractivity contribution < 1.29 is 9.53 Å². The number of rotatable bonds is 7. The van der Waals surface area contributed by atoms with Crippen molar-refractivity contribution in [3.63, 3.8) is 0 Å². The molecule has 108 valence electrons. The molecule has 0 aliphatic rings. The van der Waals surface area contributed by atoms with E-state index in [1.165, 1.54) is 0 Å². The van der Waals surface area contributed by atoms with Crippen LogP contribution in [0.15, 0.2) is 60.7 Å². The molecule has 2 rings (SSSR count). The molecule has 0 radical (unpaired) electrons. The number of carbonyl (C=O) groups excluding carboxylic acids is 1. The summed E-state index contributed by atoms with van der Waals surface area (Å²) < 4.78 is 5.52. The van der Waals surface area contributed by atoms with Gasteiger partial charge in [-0.1, -0.05) is 48.5 Å². The topological polar surface area (TPSA) is 26.3 Å². The second-order valence-electron chi connectivity index (χ2n) is 4.52. The van der Waals surface area contributed by atoms with E-state index in [1.807, 2.05) is 42.5 Å². The van der Waals surface area contributed by atoms with Crippen LogP contribution in [0.1, 0.15) is 22.3 Å². The minimum Gasteiger partial charge on any atom is -0.494 e. The number of benzene rings is 2. The fraction of sp³-hybridized carbons (Fsp3) is 0.167. The number of carbonyl (C=O) groups is 1. The van der Waals surface area contributed by atoms with E-state index in [0.29, 0.717) is 18.1 Å². The monoisotopic (exact) mass is 300 g/mol. The molecule has 3 heteroatoms. The third-order valence-electron chi connectivity index (χ3n) is 2.91. The highest BCUT2D eigenvalue weighted by molar-refractivity contribution is 6.17. The lowest BCUT2D eigenvalue weighted by atomic mass is 10.1. The average molecular weight is 301 g/mol. The first-order valence-electron chi connectivity index (χ1n) is 6.86. The molecule has 0 fully saturated rings. The van der Waals surface area contributed by atoms with Gasteiger partial charge in [0.05, 0.1) is 6.61 Å². The highest BCUT2D eigenvalue weighted by Gasteiger charge is 1.99. The van der Waals surface area contributed by atoms with Gasteiger partial charge in [0.25, 0.3) is 0 Å². The molecule has 0 aromatic heterocycles. The molecule has 0 saturated carbocycles. The fourth-order valence-electron chi connectivity index (χ4n) is 1.79. The van der Waals surface area contributed by atoms with Gasteiger partial charge < -0.3 is 4.74 Å². The standard InChI is InChI=1S/C18H17ClO2/c19-13-4-14-21-17-10-7-15(8-11-17)9-12-18(20)16-5-2-1-3-6-16/h1-3,5-12H,4,13-14H2. The first-order valence-corrected chi connectivity index (χ1v) is 7.39. The average Bonchev–Trinajstić information content (AvgIpc) is 2.55. The van der Waals surface area contributed by atoms with Gasteiger partial charge in [0.1, 0.15) is 5.75 Å². The maximum atomic E-state index is 11.9. The predicted octanol–water partition coefficient (Wildman–Crippen LogP) is 4.59. The Hall–Kier alpha value is -2.06. The van der Waals surface area contributed by atoms with Crippen molar-refractivity contribution >= 4 is 23.5 Å². The molecule has 0 N–H and O–H groups in total. The first kappa shape index (κ1) is 15.3. The van der Waals surface area contributed by atoms with E-state index < -0.39 is 0 Å². The Balaban J connectivity index is 1.93. The molecule has 0 unspecified atom stereocenters. The number of alkyl halides is 1. The minimum absolute atomic E-state index is 0.00182. The molecule has 0 spiro atoms. The van der Waals surface area contributed by atoms with Crippen LogP contribution in [-0.2, 0) is 0 Å². The molecule has 2 aromatic rings. The van der Waals surface area contributed by atoms with Gasteiger partial charge >= 0.3 is 0 Å². The van der Waals surface area contributed by atoms with Crippen LogP contribution in [0.2, 0.25) is 0 Å². The van der Waals surface area contributed by atoms with Crippen LogP contribution in [0.4, 0.5) is 0 Å². The Kier molecular flexibility index (Phi) is 6.04. The van der Waals surface area contributed by atoms with Gasteiger partial charge in [-0.25, -0.2) is 0 Å². The highest BCUT2D eigenvalue weighted by Crippen LogP contribution is 2.14. The molecule has 0 bridgehead atoms. The summed E-state index contributed by atoms with van der Waals surface area (Å²) in [7, 11) is 0. The molecule has 21 heavy (non-hydrogen) atoms. The van der Waals surface area contributed by atoms with Crippen molar-refractivity contribution in [3.05, 3.63) is 71.8 Å². The zero-order chi connectivity index (χ0) is 14.9. The van der Waals surface area contributed by atoms with Crippen molar-refractivity contribution in [2.75, 3.05) is 12.5 Å². The van der Waals surface area contributed by atoms with Crippen molar-refractivity contribution in [1.29, 1.82) is 0 Å². The Bertz CT molecular complexity index is 588.